The summed E-state index contributed by atoms with van der Waals surface area (Å²) in [7, 11) is 2.33. The van der Waals surface area contributed by atoms with Crippen LogP contribution in [0.5, 0.6) is 0 Å². The van der Waals surface area contributed by atoms with Crippen LogP contribution in [-0.4, -0.2) is 61.7 Å². The standard InChI is InChI=1S/C14H27N3/c1-16-8-3-4-12-11-17(9-6-14(12)16)13-5-2-7-15-10-13/h12-15H,2-11H2,1H3. The highest BCUT2D eigenvalue weighted by Crippen LogP contribution is 2.31. The van der Waals surface area contributed by atoms with E-state index < -0.39 is 0 Å². The number of likely N-dealkylation sites (tertiary alicyclic amines) is 2. The Morgan fingerprint density at radius 1 is 1.06 bits per heavy atom. The number of nitrogens with one attached hydrogen (secondary N) is 1. The van der Waals surface area contributed by atoms with Crippen LogP contribution in [0.25, 0.3) is 0 Å². The Morgan fingerprint density at radius 2 is 2.00 bits per heavy atom. The van der Waals surface area contributed by atoms with Crippen molar-refractivity contribution in [2.24, 2.45) is 5.92 Å². The van der Waals surface area contributed by atoms with Crippen molar-refractivity contribution >= 4 is 0 Å². The topological polar surface area (TPSA) is 18.5 Å². The van der Waals surface area contributed by atoms with Gasteiger partial charge in [-0.05, 0) is 64.7 Å². The van der Waals surface area contributed by atoms with Gasteiger partial charge in [0.2, 0.25) is 0 Å². The second kappa shape index (κ2) is 5.25. The molecule has 0 aromatic heterocycles. The van der Waals surface area contributed by atoms with Gasteiger partial charge >= 0.3 is 0 Å². The fraction of sp³-hybridized carbons (Fsp3) is 1.00. The van der Waals surface area contributed by atoms with E-state index in [1.807, 2.05) is 0 Å². The molecule has 1 N–H and O–H groups in total. The maximum Gasteiger partial charge on any atom is 0.0221 e. The van der Waals surface area contributed by atoms with E-state index in [9.17, 15) is 0 Å². The van der Waals surface area contributed by atoms with E-state index in [1.165, 1.54) is 64.8 Å². The van der Waals surface area contributed by atoms with Crippen LogP contribution in [0, 0.1) is 5.92 Å². The molecule has 17 heavy (non-hydrogen) atoms. The van der Waals surface area contributed by atoms with Gasteiger partial charge in [0.05, 0.1) is 0 Å². The summed E-state index contributed by atoms with van der Waals surface area (Å²) in [6, 6.07) is 1.72. The molecule has 0 spiro atoms. The van der Waals surface area contributed by atoms with Crippen molar-refractivity contribution in [1.82, 2.24) is 15.1 Å². The summed E-state index contributed by atoms with van der Waals surface area (Å²) in [5.74, 6) is 0.949. The lowest BCUT2D eigenvalue weighted by atomic mass is 9.83. The first-order valence-electron chi connectivity index (χ1n) is 7.49. The molecule has 0 radical (unpaired) electrons. The molecule has 3 fully saturated rings. The van der Waals surface area contributed by atoms with Crippen LogP contribution in [0.3, 0.4) is 0 Å². The third-order valence-corrected chi connectivity index (χ3v) is 5.16. The molecule has 3 aliphatic heterocycles. The fourth-order valence-electron chi connectivity index (χ4n) is 4.16. The molecule has 0 aromatic rings. The van der Waals surface area contributed by atoms with Crippen LogP contribution in [0.4, 0.5) is 0 Å². The lowest BCUT2D eigenvalue weighted by Crippen LogP contribution is -2.57. The second-order valence-corrected chi connectivity index (χ2v) is 6.23. The van der Waals surface area contributed by atoms with Crippen molar-refractivity contribution in [2.45, 2.75) is 44.2 Å². The van der Waals surface area contributed by atoms with E-state index in [0.29, 0.717) is 0 Å². The predicted octanol–water partition coefficient (Wildman–Crippen LogP) is 1.15. The number of fused-ring (bicyclic) bond motifs is 1. The number of hydrogen-bond acceptors (Lipinski definition) is 3. The molecule has 0 aliphatic carbocycles. The smallest absolute Gasteiger partial charge is 0.0221 e. The largest absolute Gasteiger partial charge is 0.315 e. The maximum atomic E-state index is 3.56. The first kappa shape index (κ1) is 11.9. The highest BCUT2D eigenvalue weighted by molar-refractivity contribution is 4.92. The molecule has 0 bridgehead atoms. The number of hydrogen-bond donors (Lipinski definition) is 1. The lowest BCUT2D eigenvalue weighted by Gasteiger charge is -2.48. The molecule has 3 heterocycles. The molecule has 3 heteroatoms. The summed E-state index contributed by atoms with van der Waals surface area (Å²) in [6.45, 7) is 6.48. The number of nitrogens with zero attached hydrogens (tertiary/aromatic N) is 2. The van der Waals surface area contributed by atoms with Crippen LogP contribution in [0.1, 0.15) is 32.1 Å². The van der Waals surface area contributed by atoms with Gasteiger partial charge in [0.1, 0.15) is 0 Å². The third kappa shape index (κ3) is 2.51. The van der Waals surface area contributed by atoms with Crippen molar-refractivity contribution in [3.8, 4) is 0 Å². The predicted molar refractivity (Wildman–Crippen MR) is 71.2 cm³/mol. The van der Waals surface area contributed by atoms with Crippen molar-refractivity contribution in [3.63, 3.8) is 0 Å². The first-order valence-corrected chi connectivity index (χ1v) is 7.49. The van der Waals surface area contributed by atoms with E-state index in [-0.39, 0.29) is 0 Å². The Labute approximate surface area is 106 Å². The Morgan fingerprint density at radius 3 is 2.82 bits per heavy atom. The zero-order valence-electron chi connectivity index (χ0n) is 11.2. The van der Waals surface area contributed by atoms with E-state index in [2.05, 4.69) is 22.2 Å². The van der Waals surface area contributed by atoms with Gasteiger partial charge in [-0.1, -0.05) is 0 Å². The molecule has 98 valence electrons. The third-order valence-electron chi connectivity index (χ3n) is 5.16. The van der Waals surface area contributed by atoms with Crippen molar-refractivity contribution in [3.05, 3.63) is 0 Å². The summed E-state index contributed by atoms with van der Waals surface area (Å²) in [4.78, 5) is 5.40. The van der Waals surface area contributed by atoms with Gasteiger partial charge in [0.25, 0.3) is 0 Å². The Balaban J connectivity index is 1.59. The lowest BCUT2D eigenvalue weighted by molar-refractivity contribution is 0.0154. The minimum absolute atomic E-state index is 0.830. The van der Waals surface area contributed by atoms with E-state index in [1.54, 1.807) is 0 Å². The van der Waals surface area contributed by atoms with Gasteiger partial charge in [-0.15, -0.1) is 0 Å². The first-order chi connectivity index (χ1) is 8.34. The van der Waals surface area contributed by atoms with E-state index >= 15 is 0 Å². The van der Waals surface area contributed by atoms with E-state index in [0.717, 1.165) is 18.0 Å². The SMILES string of the molecule is CN1CCCC2CN(C3CCCNC3)CCC21. The van der Waals surface area contributed by atoms with Crippen molar-refractivity contribution < 1.29 is 0 Å². The van der Waals surface area contributed by atoms with Gasteiger partial charge in [-0.3, -0.25) is 4.90 Å². The molecular weight excluding hydrogens is 210 g/mol. The zero-order valence-corrected chi connectivity index (χ0v) is 11.2. The quantitative estimate of drug-likeness (QED) is 0.738. The average Bonchev–Trinajstić information content (AvgIpc) is 2.40. The van der Waals surface area contributed by atoms with Crippen molar-refractivity contribution in [2.75, 3.05) is 39.8 Å². The zero-order chi connectivity index (χ0) is 11.7. The number of rotatable bonds is 1. The summed E-state index contributed by atoms with van der Waals surface area (Å²) in [5.41, 5.74) is 0. The molecule has 3 atom stereocenters. The van der Waals surface area contributed by atoms with Crippen LogP contribution in [0.2, 0.25) is 0 Å². The average molecular weight is 237 g/mol. The van der Waals surface area contributed by atoms with Crippen molar-refractivity contribution in [1.29, 1.82) is 0 Å². The van der Waals surface area contributed by atoms with Crippen LogP contribution < -0.4 is 5.32 Å². The summed E-state index contributed by atoms with van der Waals surface area (Å²) >= 11 is 0. The Hall–Kier alpha value is -0.120. The van der Waals surface area contributed by atoms with Crippen LogP contribution >= 0.6 is 0 Å². The highest BCUT2D eigenvalue weighted by atomic mass is 15.2. The number of piperidine rings is 3. The molecule has 0 aromatic carbocycles. The van der Waals surface area contributed by atoms with Crippen LogP contribution in [-0.2, 0) is 0 Å². The Bertz CT molecular complexity index is 250. The molecular formula is C14H27N3. The molecule has 3 unspecified atom stereocenters. The normalized spacial score (nSPS) is 41.1. The van der Waals surface area contributed by atoms with Gasteiger partial charge in [-0.2, -0.15) is 0 Å². The van der Waals surface area contributed by atoms with Gasteiger partial charge in [-0.25, -0.2) is 0 Å². The van der Waals surface area contributed by atoms with E-state index in [4.69, 9.17) is 0 Å². The molecule has 3 nitrogen and oxygen atoms in total. The summed E-state index contributed by atoms with van der Waals surface area (Å²) in [6.07, 6.45) is 7.06. The monoisotopic (exact) mass is 237 g/mol. The van der Waals surface area contributed by atoms with Gasteiger partial charge < -0.3 is 10.2 Å². The molecule has 3 aliphatic rings. The minimum Gasteiger partial charge on any atom is -0.315 e. The molecule has 0 saturated carbocycles. The minimum atomic E-state index is 0.830. The summed E-state index contributed by atoms with van der Waals surface area (Å²) < 4.78 is 0. The highest BCUT2D eigenvalue weighted by Gasteiger charge is 2.36. The molecule has 0 amide bonds. The van der Waals surface area contributed by atoms with Gasteiger partial charge in [0.15, 0.2) is 0 Å². The Kier molecular flexibility index (Phi) is 3.69. The van der Waals surface area contributed by atoms with Gasteiger partial charge in [0, 0.05) is 25.2 Å². The second-order valence-electron chi connectivity index (χ2n) is 6.23. The van der Waals surface area contributed by atoms with Crippen LogP contribution in [0.15, 0.2) is 0 Å². The molecule has 3 rings (SSSR count). The molecule has 3 saturated heterocycles. The summed E-state index contributed by atoms with van der Waals surface area (Å²) in [5, 5.41) is 3.56. The fourth-order valence-corrected chi connectivity index (χ4v) is 4.16. The maximum absolute atomic E-state index is 3.56.